The molecule has 7 heteroatoms. The van der Waals surface area contributed by atoms with Crippen molar-refractivity contribution >= 4 is 15.9 Å². The second-order valence-electron chi connectivity index (χ2n) is 6.86. The highest BCUT2D eigenvalue weighted by Crippen LogP contribution is 2.25. The van der Waals surface area contributed by atoms with Crippen molar-refractivity contribution in [3.8, 4) is 0 Å². The summed E-state index contributed by atoms with van der Waals surface area (Å²) in [4.78, 5) is 12.5. The molecule has 2 rings (SSSR count). The Labute approximate surface area is 153 Å². The molecule has 0 spiro atoms. The van der Waals surface area contributed by atoms with E-state index in [0.717, 1.165) is 4.31 Å². The SMILES string of the molecule is CN(C)S(=O)(=O)c1ccc(C(=O)NCC(C)(C)c2ccccc2F)cc1. The molecule has 0 aliphatic rings. The molecule has 0 atom stereocenters. The number of benzene rings is 2. The molecular formula is C19H23FN2O3S. The predicted molar refractivity (Wildman–Crippen MR) is 99.1 cm³/mol. The van der Waals surface area contributed by atoms with E-state index in [4.69, 9.17) is 0 Å². The number of amides is 1. The van der Waals surface area contributed by atoms with Crippen molar-refractivity contribution in [2.45, 2.75) is 24.2 Å². The number of hydrogen-bond acceptors (Lipinski definition) is 3. The molecule has 0 saturated carbocycles. The van der Waals surface area contributed by atoms with Crippen LogP contribution >= 0.6 is 0 Å². The molecule has 2 aromatic carbocycles. The molecule has 26 heavy (non-hydrogen) atoms. The van der Waals surface area contributed by atoms with Gasteiger partial charge < -0.3 is 5.32 Å². The zero-order valence-corrected chi connectivity index (χ0v) is 16.1. The molecule has 140 valence electrons. The average Bonchev–Trinajstić information content (AvgIpc) is 2.60. The van der Waals surface area contributed by atoms with Gasteiger partial charge in [-0.3, -0.25) is 4.79 Å². The zero-order valence-electron chi connectivity index (χ0n) is 15.3. The third kappa shape index (κ3) is 4.28. The first-order valence-electron chi connectivity index (χ1n) is 8.11. The minimum atomic E-state index is -3.54. The maximum Gasteiger partial charge on any atom is 0.251 e. The van der Waals surface area contributed by atoms with Crippen LogP contribution in [0.25, 0.3) is 0 Å². The van der Waals surface area contributed by atoms with Gasteiger partial charge in [-0.2, -0.15) is 0 Å². The van der Waals surface area contributed by atoms with Crippen LogP contribution in [0, 0.1) is 5.82 Å². The van der Waals surface area contributed by atoms with Crippen LogP contribution in [0.2, 0.25) is 0 Å². The van der Waals surface area contributed by atoms with Crippen molar-refractivity contribution in [1.82, 2.24) is 9.62 Å². The number of rotatable bonds is 6. The zero-order chi connectivity index (χ0) is 19.5. The van der Waals surface area contributed by atoms with Gasteiger partial charge in [-0.1, -0.05) is 32.0 Å². The summed E-state index contributed by atoms with van der Waals surface area (Å²) in [7, 11) is -0.645. The number of nitrogens with zero attached hydrogens (tertiary/aromatic N) is 1. The molecule has 0 heterocycles. The molecule has 0 aromatic heterocycles. The minimum Gasteiger partial charge on any atom is -0.351 e. The lowest BCUT2D eigenvalue weighted by Gasteiger charge is -2.26. The first kappa shape index (κ1) is 20.1. The van der Waals surface area contributed by atoms with Crippen LogP contribution in [-0.2, 0) is 15.4 Å². The normalized spacial score (nSPS) is 12.2. The second-order valence-corrected chi connectivity index (χ2v) is 9.01. The fourth-order valence-electron chi connectivity index (χ4n) is 2.50. The Morgan fingerprint density at radius 2 is 1.65 bits per heavy atom. The van der Waals surface area contributed by atoms with Gasteiger partial charge in [-0.15, -0.1) is 0 Å². The highest BCUT2D eigenvalue weighted by molar-refractivity contribution is 7.89. The highest BCUT2D eigenvalue weighted by atomic mass is 32.2. The summed E-state index contributed by atoms with van der Waals surface area (Å²) < 4.78 is 39.2. The largest absolute Gasteiger partial charge is 0.351 e. The van der Waals surface area contributed by atoms with Crippen LogP contribution in [-0.4, -0.2) is 39.3 Å². The van der Waals surface area contributed by atoms with Gasteiger partial charge in [0.25, 0.3) is 5.91 Å². The average molecular weight is 378 g/mol. The van der Waals surface area contributed by atoms with Gasteiger partial charge in [-0.05, 0) is 35.9 Å². The van der Waals surface area contributed by atoms with Crippen molar-refractivity contribution in [3.05, 3.63) is 65.5 Å². The first-order chi connectivity index (χ1) is 12.1. The van der Waals surface area contributed by atoms with E-state index in [2.05, 4.69) is 5.32 Å². The van der Waals surface area contributed by atoms with E-state index in [1.807, 2.05) is 13.8 Å². The van der Waals surface area contributed by atoms with Gasteiger partial charge in [0.05, 0.1) is 4.90 Å². The van der Waals surface area contributed by atoms with E-state index < -0.39 is 15.4 Å². The van der Waals surface area contributed by atoms with E-state index in [9.17, 15) is 17.6 Å². The summed E-state index contributed by atoms with van der Waals surface area (Å²) in [6.07, 6.45) is 0. The Morgan fingerprint density at radius 3 is 2.19 bits per heavy atom. The topological polar surface area (TPSA) is 66.5 Å². The Hall–Kier alpha value is -2.25. The van der Waals surface area contributed by atoms with Crippen molar-refractivity contribution in [3.63, 3.8) is 0 Å². The van der Waals surface area contributed by atoms with Gasteiger partial charge in [0.15, 0.2) is 0 Å². The third-order valence-corrected chi connectivity index (χ3v) is 6.02. The van der Waals surface area contributed by atoms with Gasteiger partial charge in [-0.25, -0.2) is 17.1 Å². The van der Waals surface area contributed by atoms with Crippen LogP contribution in [0.4, 0.5) is 4.39 Å². The van der Waals surface area contributed by atoms with E-state index in [-0.39, 0.29) is 23.2 Å². The fraction of sp³-hybridized carbons (Fsp3) is 0.316. The van der Waals surface area contributed by atoms with Crippen molar-refractivity contribution in [2.75, 3.05) is 20.6 Å². The first-order valence-corrected chi connectivity index (χ1v) is 9.55. The summed E-state index contributed by atoms with van der Waals surface area (Å²) in [5.41, 5.74) is 0.273. The monoisotopic (exact) mass is 378 g/mol. The summed E-state index contributed by atoms with van der Waals surface area (Å²) in [6, 6.07) is 12.2. The Kier molecular flexibility index (Phi) is 5.83. The molecule has 0 unspecified atom stereocenters. The lowest BCUT2D eigenvalue weighted by Crippen LogP contribution is -2.37. The Bertz CT molecular complexity index is 891. The van der Waals surface area contributed by atoms with Crippen molar-refractivity contribution in [1.29, 1.82) is 0 Å². The van der Waals surface area contributed by atoms with Crippen LogP contribution in [0.5, 0.6) is 0 Å². The number of nitrogens with one attached hydrogen (secondary N) is 1. The summed E-state index contributed by atoms with van der Waals surface area (Å²) in [5.74, 6) is -0.659. The molecule has 0 radical (unpaired) electrons. The van der Waals surface area contributed by atoms with E-state index in [0.29, 0.717) is 11.1 Å². The van der Waals surface area contributed by atoms with Gasteiger partial charge in [0.2, 0.25) is 10.0 Å². The molecule has 0 saturated heterocycles. The molecular weight excluding hydrogens is 355 g/mol. The lowest BCUT2D eigenvalue weighted by molar-refractivity contribution is 0.0945. The molecule has 2 aromatic rings. The smallest absolute Gasteiger partial charge is 0.251 e. The Morgan fingerprint density at radius 1 is 1.08 bits per heavy atom. The molecule has 0 aliphatic carbocycles. The second kappa shape index (κ2) is 7.55. The maximum absolute atomic E-state index is 14.0. The van der Waals surface area contributed by atoms with Gasteiger partial charge in [0.1, 0.15) is 5.82 Å². The summed E-state index contributed by atoms with van der Waals surface area (Å²) >= 11 is 0. The molecule has 1 N–H and O–H groups in total. The van der Waals surface area contributed by atoms with E-state index in [1.165, 1.54) is 44.4 Å². The summed E-state index contributed by atoms with van der Waals surface area (Å²) in [5, 5.41) is 2.78. The van der Waals surface area contributed by atoms with Crippen LogP contribution in [0.15, 0.2) is 53.4 Å². The molecule has 0 bridgehead atoms. The molecule has 0 fully saturated rings. The van der Waals surface area contributed by atoms with E-state index >= 15 is 0 Å². The Balaban J connectivity index is 2.10. The molecule has 5 nitrogen and oxygen atoms in total. The molecule has 0 aliphatic heterocycles. The lowest BCUT2D eigenvalue weighted by atomic mass is 9.84. The molecule has 1 amide bonds. The highest BCUT2D eigenvalue weighted by Gasteiger charge is 2.25. The van der Waals surface area contributed by atoms with Crippen molar-refractivity contribution in [2.24, 2.45) is 0 Å². The number of carbonyl (C=O) groups is 1. The number of halogens is 1. The summed E-state index contributed by atoms with van der Waals surface area (Å²) in [6.45, 7) is 3.93. The third-order valence-electron chi connectivity index (χ3n) is 4.19. The number of hydrogen-bond donors (Lipinski definition) is 1. The quantitative estimate of drug-likeness (QED) is 0.841. The minimum absolute atomic E-state index is 0.116. The standard InChI is InChI=1S/C19H23FN2O3S/c1-19(2,16-7-5-6-8-17(16)20)13-21-18(23)14-9-11-15(12-10-14)26(24,25)22(3)4/h5-12H,13H2,1-4H3,(H,21,23). The van der Waals surface area contributed by atoms with Gasteiger partial charge in [0, 0.05) is 31.6 Å². The van der Waals surface area contributed by atoms with Crippen LogP contribution in [0.1, 0.15) is 29.8 Å². The maximum atomic E-state index is 14.0. The van der Waals surface area contributed by atoms with Crippen molar-refractivity contribution < 1.29 is 17.6 Å². The van der Waals surface area contributed by atoms with Crippen LogP contribution < -0.4 is 5.32 Å². The predicted octanol–water partition coefficient (Wildman–Crippen LogP) is 2.78. The number of sulfonamides is 1. The number of carbonyl (C=O) groups excluding carboxylic acids is 1. The van der Waals surface area contributed by atoms with Crippen LogP contribution in [0.3, 0.4) is 0 Å². The van der Waals surface area contributed by atoms with E-state index in [1.54, 1.807) is 18.2 Å². The van der Waals surface area contributed by atoms with Gasteiger partial charge >= 0.3 is 0 Å². The fourth-order valence-corrected chi connectivity index (χ4v) is 3.40.